The minimum Gasteiger partial charge on any atom is -0.334 e. The third kappa shape index (κ3) is 5.86. The van der Waals surface area contributed by atoms with Crippen molar-refractivity contribution in [3.63, 3.8) is 0 Å². The van der Waals surface area contributed by atoms with Gasteiger partial charge in [-0.25, -0.2) is 10.1 Å². The number of nitrogens with one attached hydrogen (secondary N) is 2. The molecule has 0 aliphatic carbocycles. The number of nitrogen functional groups attached to an aromatic ring is 1. The number of carbonyl (C=O) groups is 1. The van der Waals surface area contributed by atoms with E-state index >= 15 is 0 Å². The molecule has 0 fully saturated rings. The maximum atomic E-state index is 12.2. The highest BCUT2D eigenvalue weighted by molar-refractivity contribution is 7.99. The van der Waals surface area contributed by atoms with Gasteiger partial charge < -0.3 is 11.2 Å². The summed E-state index contributed by atoms with van der Waals surface area (Å²) in [6, 6.07) is 12.5. The van der Waals surface area contributed by atoms with Gasteiger partial charge in [-0.15, -0.1) is 10.2 Å². The number of aryl methyl sites for hydroxylation is 1. The predicted molar refractivity (Wildman–Crippen MR) is 118 cm³/mol. The second kappa shape index (κ2) is 9.64. The number of hydrogen-bond donors (Lipinski definition) is 3. The van der Waals surface area contributed by atoms with Crippen LogP contribution in [-0.2, 0) is 4.79 Å². The van der Waals surface area contributed by atoms with Gasteiger partial charge in [0.25, 0.3) is 5.95 Å². The zero-order valence-corrected chi connectivity index (χ0v) is 17.6. The Balaban J connectivity index is 1.55. The molecule has 29 heavy (non-hydrogen) atoms. The van der Waals surface area contributed by atoms with Gasteiger partial charge >= 0.3 is 0 Å². The third-order valence-corrected chi connectivity index (χ3v) is 5.11. The molecule has 0 aliphatic rings. The average molecular weight is 450 g/mol. The second-order valence-corrected chi connectivity index (χ2v) is 7.71. The maximum Gasteiger partial charge on any atom is 0.264 e. The van der Waals surface area contributed by atoms with Gasteiger partial charge in [0, 0.05) is 15.7 Å². The lowest BCUT2D eigenvalue weighted by molar-refractivity contribution is -0.113. The third-order valence-electron chi connectivity index (χ3n) is 3.70. The van der Waals surface area contributed by atoms with Gasteiger partial charge in [0.15, 0.2) is 0 Å². The van der Waals surface area contributed by atoms with E-state index in [0.29, 0.717) is 20.9 Å². The Kier molecular flexibility index (Phi) is 6.97. The summed E-state index contributed by atoms with van der Waals surface area (Å²) in [5.74, 6) is 6.08. The van der Waals surface area contributed by atoms with Gasteiger partial charge in [0.05, 0.1) is 12.0 Å². The lowest BCUT2D eigenvalue weighted by atomic mass is 10.2. The molecule has 0 spiro atoms. The van der Waals surface area contributed by atoms with Crippen LogP contribution in [0.4, 0.5) is 11.6 Å². The topological polar surface area (TPSA) is 110 Å². The van der Waals surface area contributed by atoms with E-state index in [1.165, 1.54) is 4.68 Å². The molecule has 0 bridgehead atoms. The molecule has 2 aromatic carbocycles. The van der Waals surface area contributed by atoms with Crippen molar-refractivity contribution in [2.75, 3.05) is 22.3 Å². The fourth-order valence-corrected chi connectivity index (χ4v) is 3.28. The van der Waals surface area contributed by atoms with Gasteiger partial charge in [-0.3, -0.25) is 4.79 Å². The Hall–Kier alpha value is -2.75. The molecule has 3 rings (SSSR count). The summed E-state index contributed by atoms with van der Waals surface area (Å²) in [5, 5.41) is 16.3. The summed E-state index contributed by atoms with van der Waals surface area (Å²) >= 11 is 13.0. The zero-order valence-electron chi connectivity index (χ0n) is 15.3. The molecule has 0 radical (unpaired) electrons. The molecule has 11 heteroatoms. The maximum absolute atomic E-state index is 12.2. The number of rotatable bonds is 7. The van der Waals surface area contributed by atoms with Crippen molar-refractivity contribution in [1.29, 1.82) is 0 Å². The van der Waals surface area contributed by atoms with Crippen LogP contribution in [-0.4, -0.2) is 32.7 Å². The van der Waals surface area contributed by atoms with Crippen LogP contribution in [0.1, 0.15) is 11.1 Å². The van der Waals surface area contributed by atoms with Crippen molar-refractivity contribution < 1.29 is 4.79 Å². The van der Waals surface area contributed by atoms with Crippen molar-refractivity contribution in [2.24, 2.45) is 5.10 Å². The highest BCUT2D eigenvalue weighted by Crippen LogP contribution is 2.21. The van der Waals surface area contributed by atoms with E-state index in [1.807, 2.05) is 25.1 Å². The molecular formula is C18H17Cl2N7OS. The first-order chi connectivity index (χ1) is 13.9. The SMILES string of the molecule is Cc1ccc(Cl)cc1NC(=O)CSc1nnc(N/N=C/c2cccc(Cl)c2)n1N. The highest BCUT2D eigenvalue weighted by Gasteiger charge is 2.12. The Bertz CT molecular complexity index is 1050. The molecule has 0 saturated carbocycles. The van der Waals surface area contributed by atoms with Crippen LogP contribution in [0.2, 0.25) is 10.0 Å². The van der Waals surface area contributed by atoms with E-state index in [-0.39, 0.29) is 17.6 Å². The van der Waals surface area contributed by atoms with Crippen LogP contribution in [0.3, 0.4) is 0 Å². The van der Waals surface area contributed by atoms with Crippen molar-refractivity contribution in [3.8, 4) is 0 Å². The van der Waals surface area contributed by atoms with E-state index in [1.54, 1.807) is 30.5 Å². The molecule has 150 valence electrons. The first kappa shape index (κ1) is 21.0. The summed E-state index contributed by atoms with van der Waals surface area (Å²) in [6.07, 6.45) is 1.58. The number of thioether (sulfide) groups is 1. The standard InChI is InChI=1S/C18H17Cl2N7OS/c1-11-5-6-14(20)8-15(11)23-16(28)10-29-18-26-25-17(27(18)21)24-22-9-12-3-2-4-13(19)7-12/h2-9H,10,21H2,1H3,(H,23,28)(H,24,25)/b22-9+. The summed E-state index contributed by atoms with van der Waals surface area (Å²) in [6.45, 7) is 1.89. The normalized spacial score (nSPS) is 11.0. The summed E-state index contributed by atoms with van der Waals surface area (Å²) in [5.41, 5.74) is 5.10. The number of nitrogens with two attached hydrogens (primary N) is 1. The molecule has 4 N–H and O–H groups in total. The van der Waals surface area contributed by atoms with Gasteiger partial charge in [0.1, 0.15) is 0 Å². The molecule has 1 heterocycles. The summed E-state index contributed by atoms with van der Waals surface area (Å²) in [7, 11) is 0. The Morgan fingerprint density at radius 1 is 1.24 bits per heavy atom. The molecule has 0 unspecified atom stereocenters. The molecular weight excluding hydrogens is 433 g/mol. The first-order valence-electron chi connectivity index (χ1n) is 8.36. The van der Waals surface area contributed by atoms with Crippen molar-refractivity contribution in [1.82, 2.24) is 14.9 Å². The van der Waals surface area contributed by atoms with Gasteiger partial charge in [0.2, 0.25) is 11.1 Å². The van der Waals surface area contributed by atoms with Gasteiger partial charge in [-0.05, 0) is 42.3 Å². The molecule has 3 aromatic rings. The first-order valence-corrected chi connectivity index (χ1v) is 10.1. The van der Waals surface area contributed by atoms with Crippen molar-refractivity contribution >= 4 is 58.7 Å². The lowest BCUT2D eigenvalue weighted by Gasteiger charge is -2.08. The molecule has 1 amide bonds. The molecule has 0 saturated heterocycles. The number of aromatic nitrogens is 3. The summed E-state index contributed by atoms with van der Waals surface area (Å²) in [4.78, 5) is 12.2. The number of anilines is 2. The average Bonchev–Trinajstić information content (AvgIpc) is 3.03. The Morgan fingerprint density at radius 3 is 2.83 bits per heavy atom. The molecule has 0 atom stereocenters. The number of hydrogen-bond acceptors (Lipinski definition) is 7. The van der Waals surface area contributed by atoms with Crippen LogP contribution in [0, 0.1) is 6.92 Å². The number of amides is 1. The smallest absolute Gasteiger partial charge is 0.264 e. The number of halogens is 2. The summed E-state index contributed by atoms with van der Waals surface area (Å²) < 4.78 is 1.22. The fourth-order valence-electron chi connectivity index (χ4n) is 2.25. The predicted octanol–water partition coefficient (Wildman–Crippen LogP) is 3.78. The minimum absolute atomic E-state index is 0.104. The number of hydrazone groups is 1. The van der Waals surface area contributed by atoms with E-state index in [2.05, 4.69) is 26.0 Å². The van der Waals surface area contributed by atoms with E-state index < -0.39 is 0 Å². The number of carbonyl (C=O) groups excluding carboxylic acids is 1. The number of benzene rings is 2. The number of nitrogens with zero attached hydrogens (tertiary/aromatic N) is 4. The van der Waals surface area contributed by atoms with Crippen LogP contribution >= 0.6 is 35.0 Å². The van der Waals surface area contributed by atoms with E-state index in [9.17, 15) is 4.79 Å². The lowest BCUT2D eigenvalue weighted by Crippen LogP contribution is -2.17. The Labute approximate surface area is 181 Å². The largest absolute Gasteiger partial charge is 0.334 e. The monoisotopic (exact) mass is 449 g/mol. The second-order valence-electron chi connectivity index (χ2n) is 5.90. The van der Waals surface area contributed by atoms with Gasteiger partial charge in [-0.2, -0.15) is 5.10 Å². The van der Waals surface area contributed by atoms with Crippen LogP contribution < -0.4 is 16.6 Å². The van der Waals surface area contributed by atoms with Crippen molar-refractivity contribution in [3.05, 3.63) is 63.6 Å². The van der Waals surface area contributed by atoms with Crippen LogP contribution in [0.5, 0.6) is 0 Å². The molecule has 0 aliphatic heterocycles. The van der Waals surface area contributed by atoms with Gasteiger partial charge in [-0.1, -0.05) is 53.2 Å². The fraction of sp³-hybridized carbons (Fsp3) is 0.111. The quantitative estimate of drug-likeness (QED) is 0.219. The minimum atomic E-state index is -0.211. The highest BCUT2D eigenvalue weighted by atomic mass is 35.5. The van der Waals surface area contributed by atoms with Crippen LogP contribution in [0.25, 0.3) is 0 Å². The molecule has 1 aromatic heterocycles. The van der Waals surface area contributed by atoms with Crippen molar-refractivity contribution in [2.45, 2.75) is 12.1 Å². The van der Waals surface area contributed by atoms with E-state index in [0.717, 1.165) is 22.9 Å². The zero-order chi connectivity index (χ0) is 20.8. The van der Waals surface area contributed by atoms with Crippen LogP contribution in [0.15, 0.2) is 52.7 Å². The molecule has 8 nitrogen and oxygen atoms in total. The van der Waals surface area contributed by atoms with E-state index in [4.69, 9.17) is 29.0 Å². The Morgan fingerprint density at radius 2 is 2.03 bits per heavy atom.